The topological polar surface area (TPSA) is 78.9 Å². The highest BCUT2D eigenvalue weighted by atomic mass is 16.6. The van der Waals surface area contributed by atoms with E-state index in [1.807, 2.05) is 0 Å². The van der Waals surface area contributed by atoms with Gasteiger partial charge in [0.15, 0.2) is 6.10 Å². The van der Waals surface area contributed by atoms with E-state index in [-0.39, 0.29) is 31.1 Å². The minimum atomic E-state index is -0.777. The Kier molecular flexibility index (Phi) is 56.2. The van der Waals surface area contributed by atoms with Crippen LogP contribution in [0.25, 0.3) is 0 Å². The Morgan fingerprint density at radius 2 is 0.478 bits per heavy atom. The number of esters is 3. The molecule has 6 heteroatoms. The molecule has 0 saturated carbocycles. The van der Waals surface area contributed by atoms with E-state index in [9.17, 15) is 14.4 Å². The molecule has 0 amide bonds. The van der Waals surface area contributed by atoms with Gasteiger partial charge in [-0.05, 0) is 96.3 Å². The molecule has 0 aliphatic heterocycles. The van der Waals surface area contributed by atoms with E-state index in [4.69, 9.17) is 14.2 Å². The number of carbonyl (C=O) groups is 3. The normalized spacial score (nSPS) is 11.8. The fraction of sp³-hybridized carbons (Fsp3) is 0.857. The lowest BCUT2D eigenvalue weighted by Crippen LogP contribution is -2.30. The first-order chi connectivity index (χ1) is 34.0. The van der Waals surface area contributed by atoms with Gasteiger partial charge in [-0.3, -0.25) is 14.4 Å². The van der Waals surface area contributed by atoms with Crippen LogP contribution in [-0.2, 0) is 28.6 Å². The van der Waals surface area contributed by atoms with Crippen LogP contribution in [-0.4, -0.2) is 37.2 Å². The van der Waals surface area contributed by atoms with Gasteiger partial charge >= 0.3 is 17.9 Å². The molecule has 69 heavy (non-hydrogen) atoms. The van der Waals surface area contributed by atoms with Crippen LogP contribution in [0.1, 0.15) is 329 Å². The van der Waals surface area contributed by atoms with Crippen molar-refractivity contribution in [3.8, 4) is 0 Å². The van der Waals surface area contributed by atoms with E-state index in [0.717, 1.165) is 57.8 Å². The van der Waals surface area contributed by atoms with Crippen molar-refractivity contribution < 1.29 is 28.6 Å². The SMILES string of the molecule is CCCCCCCC/C=C/CCCCCCCCCC(=O)OCC(COC(=O)CCCCCCCCC/C=C/CCCCCCCC)OC(=O)CCCCCCCCC/C=C/CCCCCCCC. The maximum atomic E-state index is 12.9. The Morgan fingerprint density at radius 3 is 0.725 bits per heavy atom. The largest absolute Gasteiger partial charge is 0.462 e. The van der Waals surface area contributed by atoms with E-state index in [2.05, 4.69) is 57.2 Å². The molecule has 0 fully saturated rings. The molecule has 0 aromatic rings. The Hall–Kier alpha value is -2.37. The van der Waals surface area contributed by atoms with Crippen LogP contribution in [0.2, 0.25) is 0 Å². The van der Waals surface area contributed by atoms with E-state index in [1.165, 1.54) is 231 Å². The first-order valence-corrected chi connectivity index (χ1v) is 30.5. The summed E-state index contributed by atoms with van der Waals surface area (Å²) in [6.07, 6.45) is 69.9. The Bertz CT molecular complexity index is 1100. The lowest BCUT2D eigenvalue weighted by Gasteiger charge is -2.18. The number of allylic oxidation sites excluding steroid dienone is 6. The summed E-state index contributed by atoms with van der Waals surface area (Å²) in [6, 6.07) is 0. The minimum absolute atomic E-state index is 0.0750. The van der Waals surface area contributed by atoms with Crippen LogP contribution in [0.3, 0.4) is 0 Å². The number of unbranched alkanes of at least 4 members (excludes halogenated alkanes) is 39. The molecule has 0 rings (SSSR count). The van der Waals surface area contributed by atoms with Gasteiger partial charge in [0.25, 0.3) is 0 Å². The highest BCUT2D eigenvalue weighted by Gasteiger charge is 2.19. The monoisotopic (exact) mass is 969 g/mol. The second-order valence-corrected chi connectivity index (χ2v) is 20.6. The van der Waals surface area contributed by atoms with E-state index in [0.29, 0.717) is 19.3 Å². The average molecular weight is 970 g/mol. The lowest BCUT2D eigenvalue weighted by molar-refractivity contribution is -0.167. The number of hydrogen-bond donors (Lipinski definition) is 0. The van der Waals surface area contributed by atoms with Crippen molar-refractivity contribution in [3.63, 3.8) is 0 Å². The molecule has 0 saturated heterocycles. The van der Waals surface area contributed by atoms with Crippen molar-refractivity contribution in [2.24, 2.45) is 0 Å². The van der Waals surface area contributed by atoms with Crippen molar-refractivity contribution in [1.82, 2.24) is 0 Å². The smallest absolute Gasteiger partial charge is 0.306 e. The molecular weight excluding hydrogens is 853 g/mol. The van der Waals surface area contributed by atoms with Crippen LogP contribution < -0.4 is 0 Å². The second kappa shape index (κ2) is 58.2. The number of hydrogen-bond acceptors (Lipinski definition) is 6. The zero-order chi connectivity index (χ0) is 50.0. The molecule has 0 heterocycles. The molecule has 0 N–H and O–H groups in total. The standard InChI is InChI=1S/C63H116O6/c1-4-7-10-13-16-19-22-25-28-31-34-37-40-43-46-49-52-55-61(64)67-58-60(69-63(66)57-54-51-48-45-42-39-36-33-30-27-24-21-18-15-12-9-6-3)59-68-62(65)56-53-50-47-44-41-38-35-32-29-26-23-20-17-14-11-8-5-2/h25-30,60H,4-24,31-59H2,1-3H3/b28-25+,29-26+,30-27+. The van der Waals surface area contributed by atoms with Crippen molar-refractivity contribution in [2.75, 3.05) is 13.2 Å². The van der Waals surface area contributed by atoms with Crippen LogP contribution in [0.15, 0.2) is 36.5 Å². The summed E-state index contributed by atoms with van der Waals surface area (Å²) in [7, 11) is 0. The molecule has 0 spiro atoms. The number of carbonyl (C=O) groups excluding carboxylic acids is 3. The molecule has 404 valence electrons. The summed E-state index contributed by atoms with van der Waals surface area (Å²) in [5.74, 6) is -0.869. The van der Waals surface area contributed by atoms with Gasteiger partial charge in [0.1, 0.15) is 13.2 Å². The first kappa shape index (κ1) is 66.6. The second-order valence-electron chi connectivity index (χ2n) is 20.6. The van der Waals surface area contributed by atoms with Gasteiger partial charge in [-0.25, -0.2) is 0 Å². The maximum Gasteiger partial charge on any atom is 0.306 e. The van der Waals surface area contributed by atoms with E-state index < -0.39 is 6.10 Å². The van der Waals surface area contributed by atoms with Gasteiger partial charge in [0.05, 0.1) is 0 Å². The van der Waals surface area contributed by atoms with Gasteiger partial charge in [-0.2, -0.15) is 0 Å². The molecule has 0 bridgehead atoms. The van der Waals surface area contributed by atoms with Crippen molar-refractivity contribution in [1.29, 1.82) is 0 Å². The molecule has 0 aliphatic carbocycles. The summed E-state index contributed by atoms with van der Waals surface area (Å²) >= 11 is 0. The predicted octanol–water partition coefficient (Wildman–Crippen LogP) is 20.4. The third-order valence-corrected chi connectivity index (χ3v) is 13.6. The molecule has 0 aromatic heterocycles. The zero-order valence-electron chi connectivity index (χ0n) is 46.3. The van der Waals surface area contributed by atoms with Crippen LogP contribution >= 0.6 is 0 Å². The number of ether oxygens (including phenoxy) is 3. The average Bonchev–Trinajstić information content (AvgIpc) is 3.35. The summed E-state index contributed by atoms with van der Waals surface area (Å²) in [6.45, 7) is 6.66. The minimum Gasteiger partial charge on any atom is -0.462 e. The maximum absolute atomic E-state index is 12.9. The van der Waals surface area contributed by atoms with Gasteiger partial charge in [-0.1, -0.05) is 250 Å². The quantitative estimate of drug-likeness (QED) is 0.0261. The highest BCUT2D eigenvalue weighted by Crippen LogP contribution is 2.16. The Labute approximate surface area is 429 Å². The molecule has 0 aromatic carbocycles. The molecular formula is C63H116O6. The summed E-state index contributed by atoms with van der Waals surface area (Å²) in [4.78, 5) is 38.2. The van der Waals surface area contributed by atoms with E-state index in [1.54, 1.807) is 0 Å². The van der Waals surface area contributed by atoms with Gasteiger partial charge in [-0.15, -0.1) is 0 Å². The Morgan fingerprint density at radius 1 is 0.275 bits per heavy atom. The highest BCUT2D eigenvalue weighted by molar-refractivity contribution is 5.71. The molecule has 0 atom stereocenters. The van der Waals surface area contributed by atoms with Crippen molar-refractivity contribution >= 4 is 17.9 Å². The molecule has 6 nitrogen and oxygen atoms in total. The predicted molar refractivity (Wildman–Crippen MR) is 298 cm³/mol. The molecule has 0 radical (unpaired) electrons. The molecule has 0 unspecified atom stereocenters. The Balaban J connectivity index is 4.36. The summed E-state index contributed by atoms with van der Waals surface area (Å²) in [5.41, 5.74) is 0. The van der Waals surface area contributed by atoms with Crippen LogP contribution in [0.4, 0.5) is 0 Å². The lowest BCUT2D eigenvalue weighted by atomic mass is 10.1. The van der Waals surface area contributed by atoms with Crippen molar-refractivity contribution in [3.05, 3.63) is 36.5 Å². The molecule has 0 aliphatic rings. The first-order valence-electron chi connectivity index (χ1n) is 30.5. The zero-order valence-corrected chi connectivity index (χ0v) is 46.3. The van der Waals surface area contributed by atoms with Crippen molar-refractivity contribution in [2.45, 2.75) is 335 Å². The van der Waals surface area contributed by atoms with Crippen LogP contribution in [0, 0.1) is 0 Å². The summed E-state index contributed by atoms with van der Waals surface area (Å²) < 4.78 is 16.9. The van der Waals surface area contributed by atoms with Crippen LogP contribution in [0.5, 0.6) is 0 Å². The fourth-order valence-corrected chi connectivity index (χ4v) is 8.96. The summed E-state index contributed by atoms with van der Waals surface area (Å²) in [5, 5.41) is 0. The van der Waals surface area contributed by atoms with E-state index >= 15 is 0 Å². The number of rotatable bonds is 56. The fourth-order valence-electron chi connectivity index (χ4n) is 8.96. The van der Waals surface area contributed by atoms with Gasteiger partial charge < -0.3 is 14.2 Å². The van der Waals surface area contributed by atoms with Gasteiger partial charge in [0.2, 0.25) is 0 Å². The third kappa shape index (κ3) is 56.4. The van der Waals surface area contributed by atoms with Gasteiger partial charge in [0, 0.05) is 19.3 Å². The third-order valence-electron chi connectivity index (χ3n) is 13.6.